The van der Waals surface area contributed by atoms with E-state index < -0.39 is 0 Å². The highest BCUT2D eigenvalue weighted by Gasteiger charge is 2.11. The smallest absolute Gasteiger partial charge is 0.105 e. The van der Waals surface area contributed by atoms with Crippen molar-refractivity contribution in [1.29, 1.82) is 0 Å². The minimum absolute atomic E-state index is 0.112. The number of nitrogens with one attached hydrogen (secondary N) is 1. The maximum atomic E-state index is 4.53. The van der Waals surface area contributed by atoms with E-state index in [2.05, 4.69) is 68.3 Å². The Labute approximate surface area is 126 Å². The summed E-state index contributed by atoms with van der Waals surface area (Å²) in [4.78, 5) is 5.76. The number of aryl methyl sites for hydroxylation is 1. The molecule has 20 heavy (non-hydrogen) atoms. The monoisotopic (exact) mass is 286 g/mol. The average Bonchev–Trinajstić information content (AvgIpc) is 2.37. The van der Waals surface area contributed by atoms with Gasteiger partial charge in [0.2, 0.25) is 0 Å². The third kappa shape index (κ3) is 4.66. The van der Waals surface area contributed by atoms with Crippen molar-refractivity contribution in [2.75, 3.05) is 0 Å². The SMILES string of the molecule is Cc1cccc(Sc2ncccc2CNC(C)(C)C)c1. The second-order valence-electron chi connectivity index (χ2n) is 5.99. The maximum Gasteiger partial charge on any atom is 0.105 e. The van der Waals surface area contributed by atoms with Crippen LogP contribution < -0.4 is 5.32 Å². The summed E-state index contributed by atoms with van der Waals surface area (Å²) in [7, 11) is 0. The third-order valence-electron chi connectivity index (χ3n) is 2.86. The van der Waals surface area contributed by atoms with Crippen molar-refractivity contribution in [3.05, 3.63) is 53.7 Å². The van der Waals surface area contributed by atoms with Gasteiger partial charge in [0.05, 0.1) is 0 Å². The molecule has 0 aliphatic carbocycles. The van der Waals surface area contributed by atoms with E-state index >= 15 is 0 Å². The predicted molar refractivity (Wildman–Crippen MR) is 86.1 cm³/mol. The number of benzene rings is 1. The molecule has 0 saturated carbocycles. The summed E-state index contributed by atoms with van der Waals surface area (Å²) in [6.45, 7) is 9.49. The molecule has 0 bridgehead atoms. The Hall–Kier alpha value is -1.32. The first-order valence-corrected chi connectivity index (χ1v) is 7.69. The molecule has 0 aliphatic heterocycles. The van der Waals surface area contributed by atoms with Crippen molar-refractivity contribution in [3.63, 3.8) is 0 Å². The Morgan fingerprint density at radius 2 is 1.95 bits per heavy atom. The number of rotatable bonds is 4. The molecule has 0 fully saturated rings. The van der Waals surface area contributed by atoms with Gasteiger partial charge in [0.25, 0.3) is 0 Å². The van der Waals surface area contributed by atoms with Gasteiger partial charge < -0.3 is 5.32 Å². The fourth-order valence-electron chi connectivity index (χ4n) is 1.80. The van der Waals surface area contributed by atoms with Gasteiger partial charge in [0, 0.05) is 23.2 Å². The van der Waals surface area contributed by atoms with E-state index in [1.165, 1.54) is 16.0 Å². The normalized spacial score (nSPS) is 11.6. The molecule has 0 unspecified atom stereocenters. The van der Waals surface area contributed by atoms with Crippen LogP contribution in [0.25, 0.3) is 0 Å². The summed E-state index contributed by atoms with van der Waals surface area (Å²) in [5.41, 5.74) is 2.63. The molecule has 0 amide bonds. The molecule has 0 aliphatic rings. The zero-order valence-electron chi connectivity index (χ0n) is 12.6. The van der Waals surface area contributed by atoms with Gasteiger partial charge in [-0.2, -0.15) is 0 Å². The zero-order chi connectivity index (χ0) is 14.6. The van der Waals surface area contributed by atoms with Crippen molar-refractivity contribution in [3.8, 4) is 0 Å². The molecule has 0 atom stereocenters. The number of hydrogen-bond acceptors (Lipinski definition) is 3. The van der Waals surface area contributed by atoms with Crippen molar-refractivity contribution in [2.24, 2.45) is 0 Å². The first-order chi connectivity index (χ1) is 9.44. The molecule has 3 heteroatoms. The molecule has 0 radical (unpaired) electrons. The third-order valence-corrected chi connectivity index (χ3v) is 3.91. The highest BCUT2D eigenvalue weighted by atomic mass is 32.2. The molecule has 1 aromatic heterocycles. The lowest BCUT2D eigenvalue weighted by Crippen LogP contribution is -2.35. The lowest BCUT2D eigenvalue weighted by atomic mass is 10.1. The van der Waals surface area contributed by atoms with E-state index in [1.807, 2.05) is 12.3 Å². The lowest BCUT2D eigenvalue weighted by molar-refractivity contribution is 0.422. The minimum Gasteiger partial charge on any atom is -0.308 e. The standard InChI is InChI=1S/C17H22N2S/c1-13-7-5-9-15(11-13)20-16-14(8-6-10-18-16)12-19-17(2,3)4/h5-11,19H,12H2,1-4H3. The summed E-state index contributed by atoms with van der Waals surface area (Å²) < 4.78 is 0. The van der Waals surface area contributed by atoms with E-state index in [1.54, 1.807) is 11.8 Å². The molecule has 106 valence electrons. The van der Waals surface area contributed by atoms with Crippen LogP contribution in [-0.4, -0.2) is 10.5 Å². The molecule has 1 aromatic carbocycles. The summed E-state index contributed by atoms with van der Waals surface area (Å²) in [6.07, 6.45) is 1.86. The van der Waals surface area contributed by atoms with E-state index in [0.717, 1.165) is 11.6 Å². The van der Waals surface area contributed by atoms with Crippen LogP contribution >= 0.6 is 11.8 Å². The van der Waals surface area contributed by atoms with Gasteiger partial charge in [0.1, 0.15) is 5.03 Å². The number of pyridine rings is 1. The first kappa shape index (κ1) is 15.1. The van der Waals surface area contributed by atoms with Gasteiger partial charge in [-0.25, -0.2) is 4.98 Å². The molecule has 0 spiro atoms. The molecule has 0 saturated heterocycles. The summed E-state index contributed by atoms with van der Waals surface area (Å²) in [5.74, 6) is 0. The maximum absolute atomic E-state index is 4.53. The van der Waals surface area contributed by atoms with E-state index in [4.69, 9.17) is 0 Å². The summed E-state index contributed by atoms with van der Waals surface area (Å²) >= 11 is 1.73. The number of nitrogens with zero attached hydrogens (tertiary/aromatic N) is 1. The lowest BCUT2D eigenvalue weighted by Gasteiger charge is -2.21. The Balaban J connectivity index is 2.15. The van der Waals surface area contributed by atoms with Crippen molar-refractivity contribution < 1.29 is 0 Å². The Kier molecular flexibility index (Phi) is 4.84. The van der Waals surface area contributed by atoms with Gasteiger partial charge >= 0.3 is 0 Å². The van der Waals surface area contributed by atoms with Gasteiger partial charge in [0.15, 0.2) is 0 Å². The van der Waals surface area contributed by atoms with Crippen LogP contribution in [0.4, 0.5) is 0 Å². The average molecular weight is 286 g/mol. The van der Waals surface area contributed by atoms with Crippen LogP contribution in [0.15, 0.2) is 52.5 Å². The van der Waals surface area contributed by atoms with Gasteiger partial charge in [-0.15, -0.1) is 0 Å². The van der Waals surface area contributed by atoms with Gasteiger partial charge in [-0.3, -0.25) is 0 Å². The molecule has 2 aromatic rings. The second kappa shape index (κ2) is 6.42. The molecule has 2 nitrogen and oxygen atoms in total. The zero-order valence-corrected chi connectivity index (χ0v) is 13.4. The molecular weight excluding hydrogens is 264 g/mol. The molecular formula is C17H22N2S. The van der Waals surface area contributed by atoms with Crippen molar-refractivity contribution in [1.82, 2.24) is 10.3 Å². The quantitative estimate of drug-likeness (QED) is 0.900. The van der Waals surface area contributed by atoms with E-state index in [-0.39, 0.29) is 5.54 Å². The fourth-order valence-corrected chi connectivity index (χ4v) is 2.80. The first-order valence-electron chi connectivity index (χ1n) is 6.87. The van der Waals surface area contributed by atoms with Crippen LogP contribution in [0, 0.1) is 6.92 Å². The van der Waals surface area contributed by atoms with Crippen LogP contribution in [0.1, 0.15) is 31.9 Å². The number of hydrogen-bond donors (Lipinski definition) is 1. The minimum atomic E-state index is 0.112. The van der Waals surface area contributed by atoms with Crippen LogP contribution in [-0.2, 0) is 6.54 Å². The highest BCUT2D eigenvalue weighted by Crippen LogP contribution is 2.29. The summed E-state index contributed by atoms with van der Waals surface area (Å²) in [6, 6.07) is 12.7. The molecule has 1 heterocycles. The molecule has 2 rings (SSSR count). The van der Waals surface area contributed by atoms with Crippen LogP contribution in [0.2, 0.25) is 0 Å². The summed E-state index contributed by atoms with van der Waals surface area (Å²) in [5, 5.41) is 4.60. The van der Waals surface area contributed by atoms with Gasteiger partial charge in [-0.05, 0) is 51.5 Å². The van der Waals surface area contributed by atoms with E-state index in [9.17, 15) is 0 Å². The predicted octanol–water partition coefficient (Wildman–Crippen LogP) is 4.43. The largest absolute Gasteiger partial charge is 0.308 e. The number of aromatic nitrogens is 1. The van der Waals surface area contributed by atoms with Crippen LogP contribution in [0.3, 0.4) is 0 Å². The van der Waals surface area contributed by atoms with E-state index in [0.29, 0.717) is 0 Å². The Morgan fingerprint density at radius 3 is 2.65 bits per heavy atom. The van der Waals surface area contributed by atoms with Gasteiger partial charge in [-0.1, -0.05) is 35.5 Å². The Morgan fingerprint density at radius 1 is 1.15 bits per heavy atom. The topological polar surface area (TPSA) is 24.9 Å². The Bertz CT molecular complexity index is 573. The highest BCUT2D eigenvalue weighted by molar-refractivity contribution is 7.99. The van der Waals surface area contributed by atoms with Crippen LogP contribution in [0.5, 0.6) is 0 Å². The fraction of sp³-hybridized carbons (Fsp3) is 0.353. The molecule has 1 N–H and O–H groups in total. The van der Waals surface area contributed by atoms with Crippen molar-refractivity contribution >= 4 is 11.8 Å². The second-order valence-corrected chi connectivity index (χ2v) is 7.05. The van der Waals surface area contributed by atoms with Crippen molar-refractivity contribution in [2.45, 2.75) is 49.7 Å².